The number of hydrogen-bond acceptors (Lipinski definition) is 4. The molecular weight excluding hydrogens is 297 g/mol. The third kappa shape index (κ3) is 4.44. The van der Waals surface area contributed by atoms with Crippen LogP contribution in [0.3, 0.4) is 0 Å². The Labute approximate surface area is 114 Å². The van der Waals surface area contributed by atoms with Crippen LogP contribution >= 0.6 is 0 Å². The highest BCUT2D eigenvalue weighted by molar-refractivity contribution is 7.89. The lowest BCUT2D eigenvalue weighted by Crippen LogP contribution is -2.43. The molecule has 0 amide bonds. The molecule has 2 atom stereocenters. The van der Waals surface area contributed by atoms with Gasteiger partial charge >= 0.3 is 6.18 Å². The Kier molecular flexibility index (Phi) is 5.14. The average molecular weight is 312 g/mol. The second-order valence-electron chi connectivity index (χ2n) is 4.28. The van der Waals surface area contributed by atoms with Gasteiger partial charge in [0.25, 0.3) is 0 Å². The molecule has 0 aromatic heterocycles. The van der Waals surface area contributed by atoms with Crippen LogP contribution in [-0.4, -0.2) is 32.2 Å². The van der Waals surface area contributed by atoms with E-state index in [1.54, 1.807) is 0 Å². The molecule has 9 heteroatoms. The first-order valence-electron chi connectivity index (χ1n) is 5.64. The monoisotopic (exact) mass is 312 g/mol. The Bertz CT molecular complexity index is 541. The fourth-order valence-corrected chi connectivity index (χ4v) is 2.36. The highest BCUT2D eigenvalue weighted by atomic mass is 32.2. The van der Waals surface area contributed by atoms with Crippen LogP contribution in [0.5, 0.6) is 0 Å². The molecule has 20 heavy (non-hydrogen) atoms. The van der Waals surface area contributed by atoms with E-state index < -0.39 is 33.9 Å². The molecule has 0 saturated carbocycles. The average Bonchev–Trinajstić information content (AvgIpc) is 2.35. The molecule has 114 valence electrons. The summed E-state index contributed by atoms with van der Waals surface area (Å²) in [6, 6.07) is 2.28. The van der Waals surface area contributed by atoms with Gasteiger partial charge in [-0.15, -0.1) is 0 Å². The van der Waals surface area contributed by atoms with Crippen LogP contribution in [0.1, 0.15) is 12.5 Å². The number of alkyl halides is 3. The van der Waals surface area contributed by atoms with Crippen LogP contribution in [0, 0.1) is 0 Å². The second-order valence-corrected chi connectivity index (χ2v) is 6.05. The van der Waals surface area contributed by atoms with Crippen molar-refractivity contribution >= 4 is 10.0 Å². The van der Waals surface area contributed by atoms with E-state index in [-0.39, 0.29) is 11.4 Å². The summed E-state index contributed by atoms with van der Waals surface area (Å²) in [6.45, 7) is 1.18. The standard InChI is InChI=1S/C11H15F3N2O3S/c1-7(17)10(15)6-16-20(18,19)9-4-2-8(3-5-9)11(12,13)14/h2-5,7,10,16-17H,6,15H2,1H3. The minimum atomic E-state index is -4.52. The van der Waals surface area contributed by atoms with Gasteiger partial charge in [0.05, 0.1) is 16.6 Å². The van der Waals surface area contributed by atoms with Crippen molar-refractivity contribution in [1.82, 2.24) is 4.72 Å². The van der Waals surface area contributed by atoms with Crippen molar-refractivity contribution < 1.29 is 26.7 Å². The molecule has 0 spiro atoms. The molecule has 0 heterocycles. The molecular formula is C11H15F3N2O3S. The topological polar surface area (TPSA) is 92.4 Å². The molecule has 0 aliphatic heterocycles. The van der Waals surface area contributed by atoms with Crippen molar-refractivity contribution in [3.05, 3.63) is 29.8 Å². The first-order valence-corrected chi connectivity index (χ1v) is 7.13. The molecule has 0 bridgehead atoms. The zero-order chi connectivity index (χ0) is 15.6. The number of benzene rings is 1. The van der Waals surface area contributed by atoms with E-state index in [0.717, 1.165) is 12.1 Å². The number of hydrogen-bond donors (Lipinski definition) is 3. The maximum atomic E-state index is 12.3. The van der Waals surface area contributed by atoms with E-state index in [1.165, 1.54) is 6.92 Å². The van der Waals surface area contributed by atoms with Gasteiger partial charge in [0.15, 0.2) is 0 Å². The fourth-order valence-electron chi connectivity index (χ4n) is 1.28. The van der Waals surface area contributed by atoms with E-state index in [1.807, 2.05) is 0 Å². The van der Waals surface area contributed by atoms with Crippen molar-refractivity contribution in [2.45, 2.75) is 30.1 Å². The highest BCUT2D eigenvalue weighted by Gasteiger charge is 2.30. The molecule has 5 nitrogen and oxygen atoms in total. The van der Waals surface area contributed by atoms with E-state index >= 15 is 0 Å². The lowest BCUT2D eigenvalue weighted by molar-refractivity contribution is -0.137. The van der Waals surface area contributed by atoms with Crippen molar-refractivity contribution in [3.8, 4) is 0 Å². The Morgan fingerprint density at radius 2 is 1.80 bits per heavy atom. The van der Waals surface area contributed by atoms with Crippen LogP contribution in [0.25, 0.3) is 0 Å². The van der Waals surface area contributed by atoms with Gasteiger partial charge < -0.3 is 10.8 Å². The van der Waals surface area contributed by atoms with E-state index in [4.69, 9.17) is 10.8 Å². The van der Waals surface area contributed by atoms with Crippen LogP contribution in [0.15, 0.2) is 29.2 Å². The molecule has 0 radical (unpaired) electrons. The summed E-state index contributed by atoms with van der Waals surface area (Å²) < 4.78 is 62.8. The van der Waals surface area contributed by atoms with Gasteiger partial charge in [-0.3, -0.25) is 0 Å². The van der Waals surface area contributed by atoms with Crippen LogP contribution in [0.4, 0.5) is 13.2 Å². The Balaban J connectivity index is 2.83. The quantitative estimate of drug-likeness (QED) is 0.746. The lowest BCUT2D eigenvalue weighted by Gasteiger charge is -2.15. The summed E-state index contributed by atoms with van der Waals surface area (Å²) in [5, 5.41) is 9.13. The third-order valence-electron chi connectivity index (χ3n) is 2.62. The zero-order valence-corrected chi connectivity index (χ0v) is 11.4. The highest BCUT2D eigenvalue weighted by Crippen LogP contribution is 2.29. The van der Waals surface area contributed by atoms with E-state index in [9.17, 15) is 21.6 Å². The molecule has 0 fully saturated rings. The fraction of sp³-hybridized carbons (Fsp3) is 0.455. The summed E-state index contributed by atoms with van der Waals surface area (Å²) in [5.74, 6) is 0. The van der Waals surface area contributed by atoms with Crippen molar-refractivity contribution in [2.24, 2.45) is 5.73 Å². The molecule has 1 rings (SSSR count). The van der Waals surface area contributed by atoms with Crippen LogP contribution < -0.4 is 10.5 Å². The van der Waals surface area contributed by atoms with Crippen LogP contribution in [0.2, 0.25) is 0 Å². The zero-order valence-electron chi connectivity index (χ0n) is 10.6. The minimum absolute atomic E-state index is 0.221. The molecule has 0 aliphatic carbocycles. The number of halogens is 3. The van der Waals surface area contributed by atoms with Crippen molar-refractivity contribution in [3.63, 3.8) is 0 Å². The molecule has 1 aromatic carbocycles. The summed E-state index contributed by atoms with van der Waals surface area (Å²) in [6.07, 6.45) is -5.44. The second kappa shape index (κ2) is 6.08. The number of rotatable bonds is 5. The maximum absolute atomic E-state index is 12.3. The summed E-state index contributed by atoms with van der Waals surface area (Å²) in [7, 11) is -3.96. The molecule has 2 unspecified atom stereocenters. The molecule has 0 aliphatic rings. The van der Waals surface area contributed by atoms with E-state index in [2.05, 4.69) is 4.72 Å². The van der Waals surface area contributed by atoms with Gasteiger partial charge in [0, 0.05) is 12.6 Å². The minimum Gasteiger partial charge on any atom is -0.392 e. The first-order chi connectivity index (χ1) is 9.04. The summed E-state index contributed by atoms with van der Waals surface area (Å²) >= 11 is 0. The number of aliphatic hydroxyl groups excluding tert-OH is 1. The summed E-state index contributed by atoms with van der Waals surface area (Å²) in [5.41, 5.74) is 4.52. The molecule has 0 saturated heterocycles. The van der Waals surface area contributed by atoms with Gasteiger partial charge in [0.2, 0.25) is 10.0 Å². The Hall–Kier alpha value is -1.16. The largest absolute Gasteiger partial charge is 0.416 e. The number of sulfonamides is 1. The van der Waals surface area contributed by atoms with Gasteiger partial charge in [-0.1, -0.05) is 0 Å². The van der Waals surface area contributed by atoms with Gasteiger partial charge in [0.1, 0.15) is 0 Å². The van der Waals surface area contributed by atoms with E-state index in [0.29, 0.717) is 12.1 Å². The predicted molar refractivity (Wildman–Crippen MR) is 66.3 cm³/mol. The first kappa shape index (κ1) is 16.9. The molecule has 4 N–H and O–H groups in total. The SMILES string of the molecule is CC(O)C(N)CNS(=O)(=O)c1ccc(C(F)(F)F)cc1. The Morgan fingerprint density at radius 1 is 1.30 bits per heavy atom. The van der Waals surface area contributed by atoms with Crippen LogP contribution in [-0.2, 0) is 16.2 Å². The smallest absolute Gasteiger partial charge is 0.392 e. The number of aliphatic hydroxyl groups is 1. The molecule has 1 aromatic rings. The third-order valence-corrected chi connectivity index (χ3v) is 4.06. The van der Waals surface area contributed by atoms with Gasteiger partial charge in [-0.05, 0) is 31.2 Å². The van der Waals surface area contributed by atoms with Crippen molar-refractivity contribution in [1.29, 1.82) is 0 Å². The normalized spacial score (nSPS) is 15.9. The van der Waals surface area contributed by atoms with Crippen molar-refractivity contribution in [2.75, 3.05) is 6.54 Å². The van der Waals surface area contributed by atoms with Gasteiger partial charge in [-0.2, -0.15) is 13.2 Å². The predicted octanol–water partition coefficient (Wildman–Crippen LogP) is 0.692. The van der Waals surface area contributed by atoms with Gasteiger partial charge in [-0.25, -0.2) is 13.1 Å². The Morgan fingerprint density at radius 3 is 2.20 bits per heavy atom. The lowest BCUT2D eigenvalue weighted by atomic mass is 10.2. The maximum Gasteiger partial charge on any atom is 0.416 e. The number of nitrogens with two attached hydrogens (primary N) is 1. The summed E-state index contributed by atoms with van der Waals surface area (Å²) in [4.78, 5) is -0.303. The number of nitrogens with one attached hydrogen (secondary N) is 1.